The lowest BCUT2D eigenvalue weighted by Crippen LogP contribution is -2.38. The van der Waals surface area contributed by atoms with Gasteiger partial charge in [0.15, 0.2) is 0 Å². The average molecular weight is 516 g/mol. The van der Waals surface area contributed by atoms with E-state index >= 15 is 0 Å². The van der Waals surface area contributed by atoms with Crippen molar-refractivity contribution in [1.82, 2.24) is 5.32 Å². The maximum atomic E-state index is 13.5. The summed E-state index contributed by atoms with van der Waals surface area (Å²) in [6.45, 7) is 3.09. The highest BCUT2D eigenvalue weighted by atomic mass is 35.5. The molecule has 0 saturated heterocycles. The lowest BCUT2D eigenvalue weighted by molar-refractivity contribution is -0.114. The largest absolute Gasteiger partial charge is 0.495 e. The standard InChI is InChI=1S/C25H26ClN3O5S/c1-17(2)27-25(31)20-11-7-8-12-22(20)28-24(30)16-29(18-13-14-23(34-3)21(26)15-18)35(32,33)19-9-5-4-6-10-19/h4-15,17H,16H2,1-3H3,(H,27,31)(H,28,30). The molecule has 10 heteroatoms. The second-order valence-electron chi connectivity index (χ2n) is 7.87. The first-order chi connectivity index (χ1) is 16.6. The van der Waals surface area contributed by atoms with Crippen LogP contribution in [0.5, 0.6) is 5.75 Å². The van der Waals surface area contributed by atoms with Gasteiger partial charge < -0.3 is 15.4 Å². The maximum absolute atomic E-state index is 13.5. The van der Waals surface area contributed by atoms with Crippen LogP contribution in [-0.4, -0.2) is 39.9 Å². The summed E-state index contributed by atoms with van der Waals surface area (Å²) >= 11 is 6.24. The lowest BCUT2D eigenvalue weighted by Gasteiger charge is -2.25. The smallest absolute Gasteiger partial charge is 0.264 e. The number of carbonyl (C=O) groups excluding carboxylic acids is 2. The molecule has 3 aromatic carbocycles. The van der Waals surface area contributed by atoms with E-state index in [0.717, 1.165) is 4.31 Å². The molecule has 2 N–H and O–H groups in total. The number of sulfonamides is 1. The third kappa shape index (κ3) is 6.32. The average Bonchev–Trinajstić information content (AvgIpc) is 2.83. The Kier molecular flexibility index (Phi) is 8.37. The van der Waals surface area contributed by atoms with Crippen molar-refractivity contribution in [2.75, 3.05) is 23.3 Å². The van der Waals surface area contributed by atoms with E-state index in [-0.39, 0.29) is 38.8 Å². The fraction of sp³-hybridized carbons (Fsp3) is 0.200. The number of para-hydroxylation sites is 1. The van der Waals surface area contributed by atoms with Gasteiger partial charge in [0.2, 0.25) is 5.91 Å². The molecule has 3 aromatic rings. The van der Waals surface area contributed by atoms with Gasteiger partial charge in [0.05, 0.1) is 34.0 Å². The monoisotopic (exact) mass is 515 g/mol. The Morgan fingerprint density at radius 2 is 1.66 bits per heavy atom. The van der Waals surface area contributed by atoms with Crippen LogP contribution >= 0.6 is 11.6 Å². The Labute approximate surface area is 209 Å². The molecule has 0 radical (unpaired) electrons. The third-order valence-corrected chi connectivity index (χ3v) is 6.99. The Bertz CT molecular complexity index is 1310. The molecular weight excluding hydrogens is 490 g/mol. The van der Waals surface area contributed by atoms with Crippen molar-refractivity contribution in [2.24, 2.45) is 0 Å². The van der Waals surface area contributed by atoms with Crippen LogP contribution in [0.3, 0.4) is 0 Å². The van der Waals surface area contributed by atoms with E-state index in [2.05, 4.69) is 10.6 Å². The molecule has 0 unspecified atom stereocenters. The number of methoxy groups -OCH3 is 1. The second kappa shape index (κ2) is 11.2. The van der Waals surface area contributed by atoms with E-state index in [1.165, 1.54) is 37.4 Å². The van der Waals surface area contributed by atoms with Crippen molar-refractivity contribution in [2.45, 2.75) is 24.8 Å². The summed E-state index contributed by atoms with van der Waals surface area (Å²) in [5, 5.41) is 5.63. The van der Waals surface area contributed by atoms with Crippen LogP contribution in [0.15, 0.2) is 77.7 Å². The van der Waals surface area contributed by atoms with E-state index in [1.807, 2.05) is 13.8 Å². The highest BCUT2D eigenvalue weighted by Gasteiger charge is 2.28. The quantitative estimate of drug-likeness (QED) is 0.441. The van der Waals surface area contributed by atoms with Gasteiger partial charge in [0.1, 0.15) is 12.3 Å². The number of carbonyl (C=O) groups is 2. The minimum absolute atomic E-state index is 0.0106. The highest BCUT2D eigenvalue weighted by molar-refractivity contribution is 7.92. The van der Waals surface area contributed by atoms with Crippen LogP contribution in [0.25, 0.3) is 0 Å². The Morgan fingerprint density at radius 3 is 2.29 bits per heavy atom. The lowest BCUT2D eigenvalue weighted by atomic mass is 10.1. The number of halogens is 1. The van der Waals surface area contributed by atoms with Gasteiger partial charge in [-0.1, -0.05) is 41.9 Å². The van der Waals surface area contributed by atoms with Crippen molar-refractivity contribution in [1.29, 1.82) is 0 Å². The molecule has 3 rings (SSSR count). The number of ether oxygens (including phenoxy) is 1. The molecule has 0 heterocycles. The van der Waals surface area contributed by atoms with Gasteiger partial charge in [0, 0.05) is 6.04 Å². The number of hydrogen-bond donors (Lipinski definition) is 2. The molecule has 0 atom stereocenters. The van der Waals surface area contributed by atoms with Crippen LogP contribution in [-0.2, 0) is 14.8 Å². The Hall–Kier alpha value is -3.56. The van der Waals surface area contributed by atoms with Gasteiger partial charge in [-0.3, -0.25) is 13.9 Å². The molecule has 0 aliphatic rings. The number of amides is 2. The highest BCUT2D eigenvalue weighted by Crippen LogP contribution is 2.32. The summed E-state index contributed by atoms with van der Waals surface area (Å²) in [4.78, 5) is 25.6. The molecule has 0 aliphatic carbocycles. The second-order valence-corrected chi connectivity index (χ2v) is 10.1. The predicted octanol–water partition coefficient (Wildman–Crippen LogP) is 4.32. The van der Waals surface area contributed by atoms with Gasteiger partial charge in [-0.2, -0.15) is 0 Å². The van der Waals surface area contributed by atoms with Crippen LogP contribution < -0.4 is 19.7 Å². The topological polar surface area (TPSA) is 105 Å². The van der Waals surface area contributed by atoms with Crippen molar-refractivity contribution in [3.63, 3.8) is 0 Å². The van der Waals surface area contributed by atoms with Gasteiger partial charge >= 0.3 is 0 Å². The summed E-state index contributed by atoms with van der Waals surface area (Å²) < 4.78 is 33.1. The van der Waals surface area contributed by atoms with E-state index in [1.54, 1.807) is 42.5 Å². The Balaban J connectivity index is 1.95. The van der Waals surface area contributed by atoms with Crippen molar-refractivity contribution in [3.8, 4) is 5.75 Å². The first-order valence-corrected chi connectivity index (χ1v) is 12.6. The molecule has 2 amide bonds. The summed E-state index contributed by atoms with van der Waals surface area (Å²) in [5.74, 6) is -0.630. The molecular formula is C25H26ClN3O5S. The molecule has 0 aliphatic heterocycles. The zero-order valence-corrected chi connectivity index (χ0v) is 21.1. The first kappa shape index (κ1) is 26.1. The van der Waals surface area contributed by atoms with Crippen LogP contribution in [0.2, 0.25) is 5.02 Å². The fourth-order valence-electron chi connectivity index (χ4n) is 3.30. The molecule has 0 bridgehead atoms. The minimum Gasteiger partial charge on any atom is -0.495 e. The summed E-state index contributed by atoms with van der Waals surface area (Å²) in [6, 6.07) is 18.6. The number of nitrogens with one attached hydrogen (secondary N) is 2. The number of rotatable bonds is 9. The normalized spacial score (nSPS) is 11.1. The molecule has 35 heavy (non-hydrogen) atoms. The minimum atomic E-state index is -4.13. The van der Waals surface area contributed by atoms with Gasteiger partial charge in [-0.05, 0) is 56.3 Å². The first-order valence-electron chi connectivity index (χ1n) is 10.7. The third-order valence-electron chi connectivity index (χ3n) is 4.91. The van der Waals surface area contributed by atoms with E-state index < -0.39 is 22.5 Å². The molecule has 8 nitrogen and oxygen atoms in total. The van der Waals surface area contributed by atoms with Crippen molar-refractivity contribution in [3.05, 3.63) is 83.4 Å². The summed E-state index contributed by atoms with van der Waals surface area (Å²) in [5.41, 5.74) is 0.709. The van der Waals surface area contributed by atoms with Crippen LogP contribution in [0.1, 0.15) is 24.2 Å². The zero-order valence-electron chi connectivity index (χ0n) is 19.5. The van der Waals surface area contributed by atoms with Crippen molar-refractivity contribution < 1.29 is 22.7 Å². The van der Waals surface area contributed by atoms with Gasteiger partial charge in [-0.15, -0.1) is 0 Å². The van der Waals surface area contributed by atoms with Gasteiger partial charge in [0.25, 0.3) is 15.9 Å². The summed E-state index contributed by atoms with van der Waals surface area (Å²) in [7, 11) is -2.68. The molecule has 0 fully saturated rings. The van der Waals surface area contributed by atoms with Crippen LogP contribution in [0, 0.1) is 0 Å². The molecule has 184 valence electrons. The molecule has 0 aromatic heterocycles. The molecule has 0 spiro atoms. The number of nitrogens with zero attached hydrogens (tertiary/aromatic N) is 1. The maximum Gasteiger partial charge on any atom is 0.264 e. The number of hydrogen-bond acceptors (Lipinski definition) is 5. The fourth-order valence-corrected chi connectivity index (χ4v) is 4.98. The number of benzene rings is 3. The summed E-state index contributed by atoms with van der Waals surface area (Å²) in [6.07, 6.45) is 0. The van der Waals surface area contributed by atoms with Crippen LogP contribution in [0.4, 0.5) is 11.4 Å². The Morgan fingerprint density at radius 1 is 1.00 bits per heavy atom. The number of anilines is 2. The van der Waals surface area contributed by atoms with E-state index in [9.17, 15) is 18.0 Å². The predicted molar refractivity (Wildman–Crippen MR) is 137 cm³/mol. The molecule has 0 saturated carbocycles. The zero-order chi connectivity index (χ0) is 25.6. The van der Waals surface area contributed by atoms with Gasteiger partial charge in [-0.25, -0.2) is 8.42 Å². The van der Waals surface area contributed by atoms with E-state index in [0.29, 0.717) is 5.75 Å². The van der Waals surface area contributed by atoms with E-state index in [4.69, 9.17) is 16.3 Å². The van der Waals surface area contributed by atoms with Crippen molar-refractivity contribution >= 4 is 44.8 Å². The SMILES string of the molecule is COc1ccc(N(CC(=O)Nc2ccccc2C(=O)NC(C)C)S(=O)(=O)c2ccccc2)cc1Cl.